The number of β-lactam (4-membered cyclic amide) rings is 1. The van der Waals surface area contributed by atoms with E-state index in [0.29, 0.717) is 34.6 Å². The lowest BCUT2D eigenvalue weighted by atomic mass is 9.77. The monoisotopic (exact) mass is 1430 g/mol. The Morgan fingerprint density at radius 3 is 1.93 bits per heavy atom. The number of thioether (sulfide) groups is 1. The normalized spacial score (nSPS) is 16.1. The molecular weight excluding hydrogens is 1360 g/mol. The Morgan fingerprint density at radius 2 is 1.33 bits per heavy atom. The van der Waals surface area contributed by atoms with E-state index in [1.54, 1.807) is 97.4 Å². The Kier molecular flexibility index (Phi) is 24.4. The fraction of sp³-hybridized carbons (Fsp3) is 0.231. The van der Waals surface area contributed by atoms with Gasteiger partial charge >= 0.3 is 11.9 Å². The predicted molar refractivity (Wildman–Crippen MR) is 381 cm³/mol. The van der Waals surface area contributed by atoms with E-state index < -0.39 is 112 Å². The molecule has 12 rings (SSSR count). The number of ether oxygens (including phenoxy) is 9. The van der Waals surface area contributed by atoms with Crippen molar-refractivity contribution in [1.29, 1.82) is 0 Å². The van der Waals surface area contributed by atoms with E-state index in [0.717, 1.165) is 28.4 Å². The van der Waals surface area contributed by atoms with Crippen LogP contribution in [0, 0.1) is 11.6 Å². The van der Waals surface area contributed by atoms with Gasteiger partial charge in [-0.1, -0.05) is 180 Å². The topological polar surface area (TPSA) is 222 Å². The zero-order valence-electron chi connectivity index (χ0n) is 56.4. The summed E-state index contributed by atoms with van der Waals surface area (Å²) in [4.78, 5) is 72.1. The van der Waals surface area contributed by atoms with Crippen LogP contribution in [-0.4, -0.2) is 117 Å². The summed E-state index contributed by atoms with van der Waals surface area (Å²) >= 11 is 1.38. The summed E-state index contributed by atoms with van der Waals surface area (Å²) in [6.07, 6.45) is 5.82. The summed E-state index contributed by atoms with van der Waals surface area (Å²) in [5.74, 6) is -6.17. The number of amidine groups is 1. The molecule has 3 unspecified atom stereocenters. The molecule has 3 aliphatic heterocycles. The van der Waals surface area contributed by atoms with Crippen molar-refractivity contribution >= 4 is 57.0 Å². The van der Waals surface area contributed by atoms with Gasteiger partial charge in [-0.3, -0.25) is 14.5 Å². The number of allylic oxidation sites excluding steroid dienone is 2. The number of halogens is 2. The molecule has 21 nitrogen and oxygen atoms in total. The lowest BCUT2D eigenvalue weighted by molar-refractivity contribution is -0.510. The number of esters is 2. The van der Waals surface area contributed by atoms with Crippen molar-refractivity contribution in [1.82, 2.24) is 20.1 Å². The van der Waals surface area contributed by atoms with Gasteiger partial charge in [0.1, 0.15) is 53.9 Å². The van der Waals surface area contributed by atoms with E-state index >= 15 is 13.6 Å². The van der Waals surface area contributed by atoms with Crippen LogP contribution in [0.2, 0.25) is 0 Å². The van der Waals surface area contributed by atoms with Gasteiger partial charge in [-0.15, -0.1) is 11.8 Å². The molecule has 5 heterocycles. The van der Waals surface area contributed by atoms with E-state index in [2.05, 4.69) is 10.6 Å². The average Bonchev–Trinajstić information content (AvgIpc) is 0.879. The van der Waals surface area contributed by atoms with Crippen molar-refractivity contribution < 1.29 is 79.8 Å². The number of aliphatic imine (C=N–C) groups is 1. The molecule has 9 aromatic rings. The van der Waals surface area contributed by atoms with Crippen LogP contribution in [-0.2, 0) is 81.8 Å². The zero-order chi connectivity index (χ0) is 71.5. The van der Waals surface area contributed by atoms with Crippen molar-refractivity contribution in [3.63, 3.8) is 0 Å². The van der Waals surface area contributed by atoms with Crippen LogP contribution in [0.15, 0.2) is 263 Å². The number of carbonyl (C=O) groups excluding carboxylic acids is 4. The van der Waals surface area contributed by atoms with Crippen molar-refractivity contribution in [2.45, 2.75) is 48.7 Å². The number of hydrogen-bond acceptors (Lipinski definition) is 18. The fourth-order valence-corrected chi connectivity index (χ4v) is 14.5. The highest BCUT2D eigenvalue weighted by atomic mass is 32.2. The number of aromatic nitrogens is 2. The first-order valence-corrected chi connectivity index (χ1v) is 35.2. The zero-order valence-corrected chi connectivity index (χ0v) is 58.1. The summed E-state index contributed by atoms with van der Waals surface area (Å²) in [6, 6.07) is 59.0. The number of imidazole rings is 1. The minimum atomic E-state index is -2.21. The summed E-state index contributed by atoms with van der Waals surface area (Å²) in [6.45, 7) is -0.432. The van der Waals surface area contributed by atoms with Crippen molar-refractivity contribution in [3.05, 3.63) is 304 Å². The Labute approximate surface area is 600 Å². The first kappa shape index (κ1) is 72.2. The molecule has 25 heteroatoms. The molecule has 2 amide bonds. The van der Waals surface area contributed by atoms with Gasteiger partial charge in [0.15, 0.2) is 36.5 Å². The number of rotatable bonds is 33. The smallest absolute Gasteiger partial charge is 0.355 e. The molecule has 2 N–H and O–H groups in total. The van der Waals surface area contributed by atoms with E-state index in [1.165, 1.54) is 30.9 Å². The molecule has 7 aromatic carbocycles. The van der Waals surface area contributed by atoms with Crippen LogP contribution < -0.4 is 29.2 Å². The van der Waals surface area contributed by atoms with Crippen LogP contribution in [0.5, 0.6) is 17.2 Å². The van der Waals surface area contributed by atoms with Crippen LogP contribution in [0.3, 0.4) is 0 Å². The van der Waals surface area contributed by atoms with Gasteiger partial charge in [0.05, 0.1) is 51.9 Å². The second-order valence-electron chi connectivity index (χ2n) is 23.5. The van der Waals surface area contributed by atoms with Gasteiger partial charge in [-0.25, -0.2) is 37.2 Å². The van der Waals surface area contributed by atoms with Crippen LogP contribution >= 0.6 is 11.8 Å². The van der Waals surface area contributed by atoms with Crippen molar-refractivity contribution in [2.75, 3.05) is 67.1 Å². The maximum Gasteiger partial charge on any atom is 0.355 e. The summed E-state index contributed by atoms with van der Waals surface area (Å²) in [5.41, 5.74) is 3.75. The molecule has 0 radical (unpaired) electrons. The van der Waals surface area contributed by atoms with Gasteiger partial charge in [-0.2, -0.15) is 0 Å². The highest BCUT2D eigenvalue weighted by Crippen LogP contribution is 2.44. The third-order valence-corrected chi connectivity index (χ3v) is 19.6. The number of fused-ring (bicyclic) bond motifs is 2. The molecule has 0 spiro atoms. The second kappa shape index (κ2) is 34.8. The standard InChI is InChI=1S/C78H73F2N7O14S2/c1-92-42-44-95-51-98-71-63(79)47-62(66(80)72(71)99-52-96-45-43-93-2)70(76(91)100-69(54-22-9-4-10-23-54)55-24-11-5-12-25-55)101-84-103-50-60(81-77(103)83-78(57-27-13-6-14-28-57,58-29-15-7-16-30-58)59-31-17-8-18-32-59)46-64(88)82-67-73(89)87-68(75(90)97-48-53-34-36-61(94-3)37-35-53)56(49-102-74(67)87)26-21-39-86-41-40-85-38-20-19-33-65(85)86/h4-38,40-41,47,50,67,69-70,74H,39,42-46,48-49,51-52H2,1-3H3,(H-,81,82,83,88)/p+1/t67-,70?,74?,103?/m0/s1. The third kappa shape index (κ3) is 17.0. The number of amides is 2. The number of benzene rings is 7. The van der Waals surface area contributed by atoms with Crippen molar-refractivity contribution in [2.24, 2.45) is 9.52 Å². The fourth-order valence-electron chi connectivity index (χ4n) is 11.9. The minimum Gasteiger partial charge on any atom is -0.497 e. The molecule has 530 valence electrons. The predicted octanol–water partition coefficient (Wildman–Crippen LogP) is 11.5. The van der Waals surface area contributed by atoms with Gasteiger partial charge < -0.3 is 53.3 Å². The highest BCUT2D eigenvalue weighted by Gasteiger charge is 2.54. The van der Waals surface area contributed by atoms with E-state index in [-0.39, 0.29) is 55.3 Å². The number of nitrogens with one attached hydrogen (secondary N) is 2. The SMILES string of the molecule is COCCOCOc1c(F)cc(C(ON=S2C=C(CC(=O)N[C@H]3C(=O)N4C(C(=O)OCc5ccc(OC)cc5)=C(C=CCn5cc[n+]6ccccc56)CSC34)N=C2NC(c2ccccc2)(c2ccccc2)c2ccccc2)C(=O)OC(c2ccccc2)c2ccccc2)c(F)c1OCOCCOC. The molecule has 103 heavy (non-hydrogen) atoms. The lowest BCUT2D eigenvalue weighted by Gasteiger charge is -2.49. The Balaban J connectivity index is 0.904. The molecule has 0 aliphatic carbocycles. The van der Waals surface area contributed by atoms with E-state index in [1.807, 2.05) is 149 Å². The first-order chi connectivity index (χ1) is 50.5. The maximum absolute atomic E-state index is 17.9. The summed E-state index contributed by atoms with van der Waals surface area (Å²) in [7, 11) is 2.72. The summed E-state index contributed by atoms with van der Waals surface area (Å²) < 4.78 is 93.9. The quantitative estimate of drug-likeness (QED) is 0.00742. The largest absolute Gasteiger partial charge is 0.497 e. The molecule has 1 saturated heterocycles. The molecule has 1 fully saturated rings. The maximum atomic E-state index is 17.9. The van der Waals surface area contributed by atoms with Crippen molar-refractivity contribution in [3.8, 4) is 17.2 Å². The molecule has 3 aliphatic rings. The Bertz CT molecular complexity index is 4460. The van der Waals surface area contributed by atoms with Gasteiger partial charge in [-0.05, 0) is 69.3 Å². The second-order valence-corrected chi connectivity index (χ2v) is 26.0. The van der Waals surface area contributed by atoms with Gasteiger partial charge in [0, 0.05) is 47.7 Å². The number of methoxy groups -OCH3 is 3. The third-order valence-electron chi connectivity index (χ3n) is 16.9. The Morgan fingerprint density at radius 1 is 0.738 bits per heavy atom. The number of carbonyl (C=O) groups is 4. The number of hydrogen-bond donors (Lipinski definition) is 2. The average molecular weight is 1440 g/mol. The molecule has 0 saturated carbocycles. The first-order valence-electron chi connectivity index (χ1n) is 32.9. The van der Waals surface area contributed by atoms with Gasteiger partial charge in [0.25, 0.3) is 11.6 Å². The van der Waals surface area contributed by atoms with E-state index in [9.17, 15) is 14.4 Å². The molecule has 0 bridgehead atoms. The number of pyridine rings is 1. The molecule has 4 atom stereocenters. The van der Waals surface area contributed by atoms with Crippen LogP contribution in [0.25, 0.3) is 5.65 Å². The van der Waals surface area contributed by atoms with Crippen LogP contribution in [0.4, 0.5) is 8.78 Å². The highest BCUT2D eigenvalue weighted by molar-refractivity contribution is 8.05. The number of nitrogens with zero attached hydrogens (tertiary/aromatic N) is 5. The van der Waals surface area contributed by atoms with Crippen LogP contribution in [0.1, 0.15) is 57.6 Å². The lowest BCUT2D eigenvalue weighted by Crippen LogP contribution is -2.70. The molecular formula is C78H74F2N7O14S2+. The summed E-state index contributed by atoms with van der Waals surface area (Å²) in [5, 5.41) is 7.62. The van der Waals surface area contributed by atoms with Gasteiger partial charge in [0.2, 0.25) is 23.5 Å². The molecule has 2 aromatic heterocycles. The van der Waals surface area contributed by atoms with E-state index in [4.69, 9.17) is 57.0 Å². The minimum absolute atomic E-state index is 0.0129. The Hall–Kier alpha value is -10.6.